The van der Waals surface area contributed by atoms with Gasteiger partial charge in [-0.2, -0.15) is 0 Å². The van der Waals surface area contributed by atoms with Crippen molar-refractivity contribution in [3.63, 3.8) is 0 Å². The topological polar surface area (TPSA) is 120 Å². The number of hydrogen-bond donors (Lipinski definition) is 3. The van der Waals surface area contributed by atoms with Gasteiger partial charge < -0.3 is 35.0 Å². The second-order valence-electron chi connectivity index (χ2n) is 13.6. The maximum Gasteiger partial charge on any atom is 0.323 e. The van der Waals surface area contributed by atoms with E-state index >= 15 is 0 Å². The van der Waals surface area contributed by atoms with Gasteiger partial charge in [0.25, 0.3) is 5.91 Å². The third-order valence-electron chi connectivity index (χ3n) is 9.42. The van der Waals surface area contributed by atoms with Crippen LogP contribution in [0.3, 0.4) is 0 Å². The first-order valence-electron chi connectivity index (χ1n) is 17.8. The van der Waals surface area contributed by atoms with Gasteiger partial charge in [0, 0.05) is 43.7 Å². The number of carbonyl (C=O) groups excluding carboxylic acids is 3. The van der Waals surface area contributed by atoms with E-state index in [2.05, 4.69) is 10.6 Å². The predicted octanol–water partition coefficient (Wildman–Crippen LogP) is 6.98. The molecule has 0 saturated carbocycles. The summed E-state index contributed by atoms with van der Waals surface area (Å²) in [5.41, 5.74) is 2.31. The number of nitrogens with zero attached hydrogens (tertiary/aromatic N) is 2. The van der Waals surface area contributed by atoms with Crippen LogP contribution in [0.25, 0.3) is 10.8 Å². The maximum atomic E-state index is 14.5. The molecule has 1 heterocycles. The van der Waals surface area contributed by atoms with Gasteiger partial charge in [-0.1, -0.05) is 73.7 Å². The molecular formula is C41H50N4O6. The molecular weight excluding hydrogens is 644 g/mol. The van der Waals surface area contributed by atoms with Crippen LogP contribution in [0.5, 0.6) is 5.75 Å². The molecule has 0 aliphatic carbocycles. The summed E-state index contributed by atoms with van der Waals surface area (Å²) in [6.45, 7) is 6.65. The van der Waals surface area contributed by atoms with Crippen molar-refractivity contribution < 1.29 is 29.0 Å². The second kappa shape index (κ2) is 17.8. The smallest absolute Gasteiger partial charge is 0.323 e. The number of fused-ring (bicyclic) bond motifs is 2. The number of likely N-dealkylation sites (N-methyl/N-ethyl adjacent to an activating group) is 1. The molecule has 1 aliphatic heterocycles. The number of carbonyl (C=O) groups is 3. The Labute approximate surface area is 300 Å². The van der Waals surface area contributed by atoms with Crippen LogP contribution >= 0.6 is 0 Å². The van der Waals surface area contributed by atoms with Crippen molar-refractivity contribution in [3.8, 4) is 5.75 Å². The highest BCUT2D eigenvalue weighted by Crippen LogP contribution is 2.29. The van der Waals surface area contributed by atoms with Gasteiger partial charge in [0.15, 0.2) is 0 Å². The minimum Gasteiger partial charge on any atom is -0.490 e. The first-order chi connectivity index (χ1) is 24.6. The van der Waals surface area contributed by atoms with Crippen LogP contribution in [0.15, 0.2) is 91.0 Å². The van der Waals surface area contributed by atoms with E-state index in [1.165, 1.54) is 0 Å². The zero-order valence-corrected chi connectivity index (χ0v) is 30.0. The fourth-order valence-electron chi connectivity index (χ4n) is 6.36. The van der Waals surface area contributed by atoms with Crippen LogP contribution in [-0.4, -0.2) is 84.4 Å². The third kappa shape index (κ3) is 10.1. The fraction of sp³-hybridized carbons (Fsp3) is 0.390. The minimum absolute atomic E-state index is 0.0162. The molecule has 51 heavy (non-hydrogen) atoms. The zero-order chi connectivity index (χ0) is 36.3. The number of rotatable bonds is 8. The number of urea groups is 1. The van der Waals surface area contributed by atoms with Crippen molar-refractivity contribution >= 4 is 40.0 Å². The molecule has 5 rings (SSSR count). The SMILES string of the molecule is C[C@@H]1CCCCO[C@@H](CN(C)C(=O)Cc2ccccc2)[C@H](C)CN([C@@H](C)CO)C(=O)c2cc(NC(=O)Nc3cccc4ccccc34)ccc2O1. The maximum absolute atomic E-state index is 14.5. The van der Waals surface area contributed by atoms with Gasteiger partial charge in [0.2, 0.25) is 5.91 Å². The molecule has 0 aromatic heterocycles. The van der Waals surface area contributed by atoms with Crippen molar-refractivity contribution in [1.82, 2.24) is 9.80 Å². The highest BCUT2D eigenvalue weighted by molar-refractivity contribution is 6.07. The molecule has 0 spiro atoms. The molecule has 4 amide bonds. The van der Waals surface area contributed by atoms with Crippen molar-refractivity contribution in [2.75, 3.05) is 44.0 Å². The summed E-state index contributed by atoms with van der Waals surface area (Å²) >= 11 is 0. The number of ether oxygens (including phenoxy) is 2. The number of nitrogens with one attached hydrogen (secondary N) is 2. The summed E-state index contributed by atoms with van der Waals surface area (Å²) in [6, 6.07) is 27.2. The van der Waals surface area contributed by atoms with Gasteiger partial charge in [-0.15, -0.1) is 0 Å². The summed E-state index contributed by atoms with van der Waals surface area (Å²) in [7, 11) is 1.78. The monoisotopic (exact) mass is 694 g/mol. The largest absolute Gasteiger partial charge is 0.490 e. The summed E-state index contributed by atoms with van der Waals surface area (Å²) < 4.78 is 12.7. The highest BCUT2D eigenvalue weighted by Gasteiger charge is 2.31. The van der Waals surface area contributed by atoms with Crippen molar-refractivity contribution in [2.24, 2.45) is 5.92 Å². The Balaban J connectivity index is 1.38. The van der Waals surface area contributed by atoms with Crippen LogP contribution in [0.4, 0.5) is 16.2 Å². The van der Waals surface area contributed by atoms with Crippen LogP contribution in [-0.2, 0) is 16.0 Å². The average molecular weight is 695 g/mol. The zero-order valence-electron chi connectivity index (χ0n) is 30.0. The quantitative estimate of drug-likeness (QED) is 0.183. The highest BCUT2D eigenvalue weighted by atomic mass is 16.5. The lowest BCUT2D eigenvalue weighted by atomic mass is 10.0. The molecule has 0 unspecified atom stereocenters. The Kier molecular flexibility index (Phi) is 13.0. The van der Waals surface area contributed by atoms with Gasteiger partial charge in [-0.25, -0.2) is 4.79 Å². The molecule has 3 N–H and O–H groups in total. The number of benzene rings is 4. The Hall–Kier alpha value is -4.93. The van der Waals surface area contributed by atoms with E-state index in [-0.39, 0.29) is 55.1 Å². The summed E-state index contributed by atoms with van der Waals surface area (Å²) in [5.74, 6) is -0.133. The fourth-order valence-corrected chi connectivity index (χ4v) is 6.36. The van der Waals surface area contributed by atoms with E-state index < -0.39 is 12.1 Å². The molecule has 4 atom stereocenters. The molecule has 0 saturated heterocycles. The van der Waals surface area contributed by atoms with Crippen LogP contribution in [0.1, 0.15) is 56.0 Å². The Morgan fingerprint density at radius 3 is 2.49 bits per heavy atom. The Morgan fingerprint density at radius 2 is 1.71 bits per heavy atom. The van der Waals surface area contributed by atoms with E-state index in [0.29, 0.717) is 30.3 Å². The van der Waals surface area contributed by atoms with Crippen LogP contribution in [0, 0.1) is 5.92 Å². The molecule has 10 heteroatoms. The molecule has 0 fully saturated rings. The van der Waals surface area contributed by atoms with Crippen molar-refractivity contribution in [1.29, 1.82) is 0 Å². The minimum atomic E-state index is -0.525. The second-order valence-corrected chi connectivity index (χ2v) is 13.6. The lowest BCUT2D eigenvalue weighted by molar-refractivity contribution is -0.131. The van der Waals surface area contributed by atoms with Gasteiger partial charge in [0.05, 0.1) is 42.5 Å². The first-order valence-corrected chi connectivity index (χ1v) is 17.8. The molecule has 4 aromatic carbocycles. The van der Waals surface area contributed by atoms with E-state index in [4.69, 9.17) is 9.47 Å². The molecule has 4 aromatic rings. The van der Waals surface area contributed by atoms with Crippen molar-refractivity contribution in [3.05, 3.63) is 102 Å². The Bertz CT molecular complexity index is 1780. The molecule has 0 radical (unpaired) electrons. The summed E-state index contributed by atoms with van der Waals surface area (Å²) in [4.78, 5) is 44.2. The van der Waals surface area contributed by atoms with Crippen LogP contribution in [0.2, 0.25) is 0 Å². The van der Waals surface area contributed by atoms with E-state index in [1.807, 2.05) is 86.6 Å². The molecule has 270 valence electrons. The number of aliphatic hydroxyl groups is 1. The lowest BCUT2D eigenvalue weighted by Gasteiger charge is -2.36. The molecule has 0 bridgehead atoms. The number of aliphatic hydroxyl groups excluding tert-OH is 1. The Morgan fingerprint density at radius 1 is 0.961 bits per heavy atom. The van der Waals surface area contributed by atoms with E-state index in [0.717, 1.165) is 35.6 Å². The van der Waals surface area contributed by atoms with Gasteiger partial charge in [0.1, 0.15) is 5.75 Å². The normalized spacial score (nSPS) is 19.3. The standard InChI is InChI=1S/C41H50N4O6/c1-28-25-45(29(2)27-46)40(48)35-24-33(42-41(49)43-36-19-12-17-32-16-8-9-18-34(32)36)20-21-37(35)51-30(3)13-10-11-22-50-38(28)26-44(4)39(47)23-31-14-6-5-7-15-31/h5-9,12,14-21,24,28-30,38,46H,10-11,13,22-23,25-27H2,1-4H3,(H2,42,43,49)/t28-,29+,30-,38+/m1/s1. The summed E-state index contributed by atoms with van der Waals surface area (Å²) in [6.07, 6.45) is 2.17. The lowest BCUT2D eigenvalue weighted by Crippen LogP contribution is -2.48. The van der Waals surface area contributed by atoms with E-state index in [9.17, 15) is 19.5 Å². The molecule has 1 aliphatic rings. The van der Waals surface area contributed by atoms with Gasteiger partial charge in [-0.3, -0.25) is 9.59 Å². The van der Waals surface area contributed by atoms with E-state index in [1.54, 1.807) is 42.0 Å². The summed E-state index contributed by atoms with van der Waals surface area (Å²) in [5, 5.41) is 18.0. The number of anilines is 2. The van der Waals surface area contributed by atoms with Gasteiger partial charge in [-0.05, 0) is 68.3 Å². The average Bonchev–Trinajstić information content (AvgIpc) is 3.13. The van der Waals surface area contributed by atoms with Crippen molar-refractivity contribution in [2.45, 2.75) is 64.7 Å². The number of amides is 4. The first kappa shape index (κ1) is 37.3. The number of hydrogen-bond acceptors (Lipinski definition) is 6. The third-order valence-corrected chi connectivity index (χ3v) is 9.42. The molecule has 10 nitrogen and oxygen atoms in total. The van der Waals surface area contributed by atoms with Gasteiger partial charge >= 0.3 is 6.03 Å². The predicted molar refractivity (Wildman–Crippen MR) is 201 cm³/mol. The van der Waals surface area contributed by atoms with Crippen LogP contribution < -0.4 is 15.4 Å².